The predicted molar refractivity (Wildman–Crippen MR) is 124 cm³/mol. The van der Waals surface area contributed by atoms with Crippen molar-refractivity contribution >= 4 is 162 Å². The lowest BCUT2D eigenvalue weighted by Gasteiger charge is -2.40. The van der Waals surface area contributed by atoms with Crippen LogP contribution in [0.25, 0.3) is 0 Å². The molecule has 1 aromatic carbocycles. The van der Waals surface area contributed by atoms with Crippen LogP contribution in [0.2, 0.25) is 0 Å². The highest BCUT2D eigenvalue weighted by Crippen LogP contribution is 2.65. The zero-order chi connectivity index (χ0) is 21.9. The second-order valence-electron chi connectivity index (χ2n) is 4.99. The molecule has 0 heterocycles. The zero-order valence-corrected chi connectivity index (χ0v) is 22.6. The van der Waals surface area contributed by atoms with Crippen molar-refractivity contribution < 1.29 is 5.11 Å². The van der Waals surface area contributed by atoms with Crippen molar-refractivity contribution in [2.75, 3.05) is 0 Å². The van der Waals surface area contributed by atoms with Crippen LogP contribution in [0.15, 0.2) is 18.2 Å². The Morgan fingerprint density at radius 3 is 1.00 bits per heavy atom. The normalized spacial score (nSPS) is 15.2. The molecule has 0 aliphatic rings. The molecule has 0 fully saturated rings. The molecule has 15 heteroatoms. The second-order valence-corrected chi connectivity index (χ2v) is 14.9. The Balaban J connectivity index is 3.71. The molecule has 1 rings (SSSR count). The molecule has 0 bridgehead atoms. The highest BCUT2D eigenvalue weighted by atomic mass is 35.6. The second kappa shape index (κ2) is 8.79. The van der Waals surface area contributed by atoms with Crippen LogP contribution in [0.5, 0.6) is 5.75 Å². The van der Waals surface area contributed by atoms with Gasteiger partial charge in [0.05, 0.1) is 0 Å². The van der Waals surface area contributed by atoms with Crippen LogP contribution in [0.3, 0.4) is 0 Å². The molecule has 0 aliphatic heterocycles. The van der Waals surface area contributed by atoms with E-state index in [1.807, 2.05) is 0 Å². The minimum Gasteiger partial charge on any atom is -0.507 e. The summed E-state index contributed by atoms with van der Waals surface area (Å²) in [7, 11) is 0. The number of benzene rings is 1. The van der Waals surface area contributed by atoms with E-state index in [4.69, 9.17) is 162 Å². The first-order chi connectivity index (χ1) is 11.6. The quantitative estimate of drug-likeness (QED) is 0.319. The van der Waals surface area contributed by atoms with Crippen LogP contribution in [0.1, 0.15) is 11.1 Å². The maximum atomic E-state index is 10.7. The number of rotatable bonds is 4. The van der Waals surface area contributed by atoms with Gasteiger partial charge in [-0.15, -0.1) is 0 Å². The average molecular weight is 661 g/mol. The molecule has 0 radical (unpaired) electrons. The van der Waals surface area contributed by atoms with E-state index in [1.54, 1.807) is 0 Å². The van der Waals surface area contributed by atoms with Crippen molar-refractivity contribution in [1.29, 1.82) is 0 Å². The molecule has 0 saturated heterocycles. The van der Waals surface area contributed by atoms with Gasteiger partial charge in [-0.1, -0.05) is 181 Å². The first-order valence-electron chi connectivity index (χ1n) is 6.11. The standard InChI is InChI=1S/C12H4Cl14O/c13-7(14,9(17,18)11(21,22)23)4-2-1-3-5(6(4)27)8(15,16)10(19,20)12(24,25)26/h1-3,27H. The van der Waals surface area contributed by atoms with Crippen LogP contribution < -0.4 is 0 Å². The topological polar surface area (TPSA) is 20.2 Å². The molecule has 27 heavy (non-hydrogen) atoms. The largest absolute Gasteiger partial charge is 0.507 e. The Hall–Kier alpha value is 3.08. The van der Waals surface area contributed by atoms with Crippen LogP contribution in [-0.2, 0) is 8.67 Å². The molecule has 0 aliphatic carbocycles. The molecule has 1 aromatic rings. The maximum Gasteiger partial charge on any atom is 0.226 e. The monoisotopic (exact) mass is 654 g/mol. The average Bonchev–Trinajstić information content (AvgIpc) is 2.44. The van der Waals surface area contributed by atoms with E-state index in [9.17, 15) is 5.11 Å². The predicted octanol–water partition coefficient (Wildman–Crippen LogP) is 9.74. The van der Waals surface area contributed by atoms with Gasteiger partial charge in [0.25, 0.3) is 0 Å². The number of phenols is 1. The van der Waals surface area contributed by atoms with Crippen molar-refractivity contribution in [3.05, 3.63) is 29.3 Å². The van der Waals surface area contributed by atoms with Gasteiger partial charge in [-0.25, -0.2) is 0 Å². The lowest BCUT2D eigenvalue weighted by Crippen LogP contribution is -2.46. The fourth-order valence-corrected chi connectivity index (χ4v) is 4.76. The van der Waals surface area contributed by atoms with E-state index in [-0.39, 0.29) is 11.1 Å². The van der Waals surface area contributed by atoms with Gasteiger partial charge >= 0.3 is 0 Å². The molecule has 0 spiro atoms. The van der Waals surface area contributed by atoms with Gasteiger partial charge < -0.3 is 5.11 Å². The van der Waals surface area contributed by atoms with Gasteiger partial charge in [0.1, 0.15) is 5.75 Å². The van der Waals surface area contributed by atoms with Crippen molar-refractivity contribution in [2.24, 2.45) is 0 Å². The summed E-state index contributed by atoms with van der Waals surface area (Å²) in [6.07, 6.45) is 0. The van der Waals surface area contributed by atoms with Gasteiger partial charge in [-0.2, -0.15) is 0 Å². The Labute approximate surface area is 225 Å². The molecule has 156 valence electrons. The molecule has 1 N–H and O–H groups in total. The van der Waals surface area contributed by atoms with E-state index in [0.717, 1.165) is 0 Å². The fraction of sp³-hybridized carbons (Fsp3) is 0.500. The fourth-order valence-electron chi connectivity index (χ4n) is 1.74. The van der Waals surface area contributed by atoms with Gasteiger partial charge in [-0.3, -0.25) is 0 Å². The number of phenolic OH excluding ortho intramolecular Hbond substituents is 1. The summed E-state index contributed by atoms with van der Waals surface area (Å²) in [4.78, 5) is 0. The Morgan fingerprint density at radius 1 is 0.519 bits per heavy atom. The number of hydrogen-bond acceptors (Lipinski definition) is 1. The van der Waals surface area contributed by atoms with Crippen molar-refractivity contribution in [2.45, 2.75) is 24.9 Å². The number of alkyl halides is 14. The van der Waals surface area contributed by atoms with Crippen LogP contribution in [0.4, 0.5) is 0 Å². The summed E-state index contributed by atoms with van der Waals surface area (Å²) in [6.45, 7) is 0. The Bertz CT molecular complexity index is 643. The van der Waals surface area contributed by atoms with Gasteiger partial charge in [0, 0.05) is 11.1 Å². The van der Waals surface area contributed by atoms with Crippen molar-refractivity contribution in [1.82, 2.24) is 0 Å². The van der Waals surface area contributed by atoms with Crippen LogP contribution in [0, 0.1) is 0 Å². The summed E-state index contributed by atoms with van der Waals surface area (Å²) < 4.78 is -14.5. The third-order valence-corrected chi connectivity index (χ3v) is 11.1. The minimum atomic E-state index is -2.46. The van der Waals surface area contributed by atoms with Gasteiger partial charge in [0.15, 0.2) is 8.67 Å². The Kier molecular flexibility index (Phi) is 9.15. The zero-order valence-electron chi connectivity index (χ0n) is 12.0. The lowest BCUT2D eigenvalue weighted by molar-refractivity contribution is 0.449. The van der Waals surface area contributed by atoms with Gasteiger partial charge in [0.2, 0.25) is 16.3 Å². The number of hydrogen-bond donors (Lipinski definition) is 1. The molecule has 0 unspecified atom stereocenters. The third kappa shape index (κ3) is 5.03. The highest BCUT2D eigenvalue weighted by molar-refractivity contribution is 6.79. The molecule has 1 nitrogen and oxygen atoms in total. The first kappa shape index (κ1) is 28.1. The molecule has 0 atom stereocenters. The molecular weight excluding hydrogens is 656 g/mol. The Morgan fingerprint density at radius 2 is 0.778 bits per heavy atom. The number of para-hydroxylation sites is 1. The highest BCUT2D eigenvalue weighted by Gasteiger charge is 2.64. The molecular formula is C12H4Cl14O. The molecule has 0 aromatic heterocycles. The van der Waals surface area contributed by atoms with E-state index in [0.29, 0.717) is 0 Å². The summed E-state index contributed by atoms with van der Waals surface area (Å²) in [5, 5.41) is 10.7. The number of aromatic hydroxyl groups is 1. The maximum absolute atomic E-state index is 10.7. The van der Waals surface area contributed by atoms with Crippen molar-refractivity contribution in [3.8, 4) is 5.75 Å². The summed E-state index contributed by atoms with van der Waals surface area (Å²) in [5.41, 5.74) is -0.697. The number of halogens is 14. The minimum absolute atomic E-state index is 0.348. The lowest BCUT2D eigenvalue weighted by atomic mass is 9.99. The van der Waals surface area contributed by atoms with Gasteiger partial charge in [-0.05, 0) is 0 Å². The summed E-state index contributed by atoms with van der Waals surface area (Å²) >= 11 is 83.6. The van der Waals surface area contributed by atoms with E-state index >= 15 is 0 Å². The van der Waals surface area contributed by atoms with Crippen LogP contribution >= 0.6 is 162 Å². The van der Waals surface area contributed by atoms with E-state index in [2.05, 4.69) is 0 Å². The summed E-state index contributed by atoms with van der Waals surface area (Å²) in [6, 6.07) is 3.71. The molecule has 0 amide bonds. The van der Waals surface area contributed by atoms with E-state index < -0.39 is 30.7 Å². The first-order valence-corrected chi connectivity index (χ1v) is 11.4. The van der Waals surface area contributed by atoms with E-state index in [1.165, 1.54) is 18.2 Å². The van der Waals surface area contributed by atoms with Crippen molar-refractivity contribution in [3.63, 3.8) is 0 Å². The smallest absolute Gasteiger partial charge is 0.226 e. The molecule has 0 saturated carbocycles. The SMILES string of the molecule is Oc1c(C(Cl)(Cl)C(Cl)(Cl)C(Cl)(Cl)Cl)cccc1C(Cl)(Cl)C(Cl)(Cl)C(Cl)(Cl)Cl. The van der Waals surface area contributed by atoms with Crippen LogP contribution in [-0.4, -0.2) is 21.4 Å². The third-order valence-electron chi connectivity index (χ3n) is 3.21. The summed E-state index contributed by atoms with van der Waals surface area (Å²) in [5.74, 6) is -0.743.